The Balaban J connectivity index is 1.50. The predicted octanol–water partition coefficient (Wildman–Crippen LogP) is 3.46. The van der Waals surface area contributed by atoms with Crippen LogP contribution in [0.15, 0.2) is 53.8 Å². The topological polar surface area (TPSA) is 100 Å². The normalized spacial score (nSPS) is 13.4. The number of carbonyl (C=O) groups is 1. The van der Waals surface area contributed by atoms with Crippen LogP contribution in [-0.2, 0) is 18.4 Å². The zero-order valence-electron chi connectivity index (χ0n) is 21.9. The van der Waals surface area contributed by atoms with Crippen LogP contribution in [0.2, 0.25) is 0 Å². The second kappa shape index (κ2) is 9.13. The molecule has 10 heteroatoms. The molecule has 38 heavy (non-hydrogen) atoms. The van der Waals surface area contributed by atoms with Crippen LogP contribution in [0, 0.1) is 6.92 Å². The molecule has 1 fully saturated rings. The molecule has 0 bridgehead atoms. The Morgan fingerprint density at radius 1 is 1.11 bits per heavy atom. The maximum Gasteiger partial charge on any atom is 0.333 e. The number of aromatic nitrogens is 6. The van der Waals surface area contributed by atoms with Gasteiger partial charge in [0, 0.05) is 37.3 Å². The number of likely N-dealkylation sites (tertiary alicyclic amines) is 1. The number of rotatable bonds is 6. The first-order chi connectivity index (χ1) is 18.3. The van der Waals surface area contributed by atoms with Gasteiger partial charge in [-0.3, -0.25) is 28.6 Å². The minimum absolute atomic E-state index is 0.0344. The zero-order chi connectivity index (χ0) is 26.6. The Kier molecular flexibility index (Phi) is 5.74. The number of hydrogen-bond acceptors (Lipinski definition) is 6. The van der Waals surface area contributed by atoms with Crippen molar-refractivity contribution in [2.45, 2.75) is 39.8 Å². The van der Waals surface area contributed by atoms with Crippen molar-refractivity contribution < 1.29 is 9.53 Å². The molecule has 0 N–H and O–H groups in total. The van der Waals surface area contributed by atoms with E-state index in [1.54, 1.807) is 45.7 Å². The fourth-order valence-corrected chi connectivity index (χ4v) is 4.93. The maximum absolute atomic E-state index is 13.5. The van der Waals surface area contributed by atoms with Crippen molar-refractivity contribution in [2.75, 3.05) is 13.1 Å². The number of benzene rings is 1. The Morgan fingerprint density at radius 3 is 2.66 bits per heavy atom. The predicted molar refractivity (Wildman–Crippen MR) is 145 cm³/mol. The highest BCUT2D eigenvalue weighted by Gasteiger charge is 2.23. The lowest BCUT2D eigenvalue weighted by Gasteiger charge is -2.30. The molecule has 0 aliphatic carbocycles. The van der Waals surface area contributed by atoms with Gasteiger partial charge in [-0.15, -0.1) is 0 Å². The molecule has 0 radical (unpaired) electrons. The first kappa shape index (κ1) is 23.9. The zero-order valence-corrected chi connectivity index (χ0v) is 21.9. The molecule has 0 spiro atoms. The molecule has 5 aromatic rings. The van der Waals surface area contributed by atoms with Gasteiger partial charge in [0.2, 0.25) is 5.91 Å². The largest absolute Gasteiger partial charge is 0.489 e. The number of imidazole rings is 1. The quantitative estimate of drug-likeness (QED) is 0.346. The van der Waals surface area contributed by atoms with Crippen LogP contribution in [0.3, 0.4) is 0 Å². The number of hydrogen-bond donors (Lipinski definition) is 0. The molecule has 1 saturated heterocycles. The number of carbonyl (C=O) groups excluding carboxylic acids is 1. The summed E-state index contributed by atoms with van der Waals surface area (Å²) in [7, 11) is 1.74. The first-order valence-electron chi connectivity index (χ1n) is 12.7. The molecule has 6 rings (SSSR count). The Labute approximate surface area is 219 Å². The van der Waals surface area contributed by atoms with Gasteiger partial charge in [0.25, 0.3) is 0 Å². The van der Waals surface area contributed by atoms with Crippen LogP contribution in [0.4, 0.5) is 0 Å². The highest BCUT2D eigenvalue weighted by Crippen LogP contribution is 2.31. The molecule has 194 valence electrons. The minimum Gasteiger partial charge on any atom is -0.489 e. The number of aryl methyl sites for hydroxylation is 2. The van der Waals surface area contributed by atoms with Gasteiger partial charge in [0.05, 0.1) is 52.6 Å². The Morgan fingerprint density at radius 2 is 1.92 bits per heavy atom. The molecule has 1 aliphatic heterocycles. The highest BCUT2D eigenvalue weighted by atomic mass is 16.5. The minimum atomic E-state index is -0.203. The number of fused-ring (bicyclic) bond motifs is 3. The summed E-state index contributed by atoms with van der Waals surface area (Å²) >= 11 is 0. The fourth-order valence-electron chi connectivity index (χ4n) is 4.93. The van der Waals surface area contributed by atoms with Crippen LogP contribution in [0.5, 0.6) is 5.75 Å². The van der Waals surface area contributed by atoms with E-state index >= 15 is 0 Å². The molecule has 0 saturated carbocycles. The number of nitrogens with zero attached hydrogens (tertiary/aromatic N) is 7. The lowest BCUT2D eigenvalue weighted by Crippen LogP contribution is -2.43. The van der Waals surface area contributed by atoms with E-state index in [1.165, 1.54) is 0 Å². The third-order valence-electron chi connectivity index (χ3n) is 6.97. The van der Waals surface area contributed by atoms with E-state index in [-0.39, 0.29) is 24.2 Å². The van der Waals surface area contributed by atoms with Gasteiger partial charge in [-0.05, 0) is 51.0 Å². The molecule has 10 nitrogen and oxygen atoms in total. The van der Waals surface area contributed by atoms with Crippen molar-refractivity contribution in [2.24, 2.45) is 7.05 Å². The number of ether oxygens (including phenoxy) is 1. The van der Waals surface area contributed by atoms with Gasteiger partial charge in [0.1, 0.15) is 12.3 Å². The van der Waals surface area contributed by atoms with Crippen molar-refractivity contribution in [3.8, 4) is 22.6 Å². The summed E-state index contributed by atoms with van der Waals surface area (Å²) in [6, 6.07) is 7.93. The number of amides is 1. The van der Waals surface area contributed by atoms with Crippen LogP contribution < -0.4 is 10.4 Å². The van der Waals surface area contributed by atoms with E-state index in [9.17, 15) is 9.59 Å². The second-order valence-corrected chi connectivity index (χ2v) is 10.0. The van der Waals surface area contributed by atoms with Crippen molar-refractivity contribution in [1.29, 1.82) is 0 Å². The van der Waals surface area contributed by atoms with Crippen LogP contribution in [-0.4, -0.2) is 58.9 Å². The fraction of sp³-hybridized carbons (Fsp3) is 0.321. The molecule has 4 aromatic heterocycles. The molecular weight excluding hydrogens is 482 g/mol. The van der Waals surface area contributed by atoms with Gasteiger partial charge in [-0.1, -0.05) is 6.07 Å². The summed E-state index contributed by atoms with van der Waals surface area (Å²) < 4.78 is 10.7. The van der Waals surface area contributed by atoms with Gasteiger partial charge in [-0.2, -0.15) is 5.10 Å². The third kappa shape index (κ3) is 4.02. The molecule has 1 aromatic carbocycles. The summed E-state index contributed by atoms with van der Waals surface area (Å²) in [6.07, 6.45) is 8.07. The highest BCUT2D eigenvalue weighted by molar-refractivity contribution is 6.04. The molecule has 1 aliphatic rings. The van der Waals surface area contributed by atoms with Crippen molar-refractivity contribution in [1.82, 2.24) is 33.8 Å². The average Bonchev–Trinajstić information content (AvgIpc) is 3.33. The molecule has 1 amide bonds. The lowest BCUT2D eigenvalue weighted by atomic mass is 10.0. The van der Waals surface area contributed by atoms with Gasteiger partial charge >= 0.3 is 5.69 Å². The van der Waals surface area contributed by atoms with Crippen molar-refractivity contribution >= 4 is 27.8 Å². The van der Waals surface area contributed by atoms with Gasteiger partial charge in [-0.25, -0.2) is 4.79 Å². The molecular formula is C28H29N7O3. The van der Waals surface area contributed by atoms with Gasteiger partial charge < -0.3 is 9.64 Å². The van der Waals surface area contributed by atoms with Crippen molar-refractivity contribution in [3.63, 3.8) is 0 Å². The van der Waals surface area contributed by atoms with E-state index in [0.29, 0.717) is 22.6 Å². The molecule has 5 heterocycles. The smallest absolute Gasteiger partial charge is 0.333 e. The third-order valence-corrected chi connectivity index (χ3v) is 6.97. The lowest BCUT2D eigenvalue weighted by molar-refractivity contribution is -0.135. The van der Waals surface area contributed by atoms with Crippen LogP contribution in [0.25, 0.3) is 38.8 Å². The van der Waals surface area contributed by atoms with E-state index in [4.69, 9.17) is 4.74 Å². The summed E-state index contributed by atoms with van der Waals surface area (Å²) in [5, 5.41) is 5.40. The van der Waals surface area contributed by atoms with E-state index in [1.807, 2.05) is 49.9 Å². The summed E-state index contributed by atoms with van der Waals surface area (Å²) in [5.74, 6) is 0.730. The van der Waals surface area contributed by atoms with E-state index in [0.717, 1.165) is 47.1 Å². The second-order valence-electron chi connectivity index (χ2n) is 10.0. The summed E-state index contributed by atoms with van der Waals surface area (Å²) in [6.45, 7) is 7.53. The summed E-state index contributed by atoms with van der Waals surface area (Å²) in [4.78, 5) is 36.9. The van der Waals surface area contributed by atoms with Crippen LogP contribution in [0.1, 0.15) is 26.0 Å². The molecule has 0 unspecified atom stereocenters. The Bertz CT molecular complexity index is 1760. The Hall–Kier alpha value is -4.47. The first-order valence-corrected chi connectivity index (χ1v) is 12.7. The maximum atomic E-state index is 13.5. The van der Waals surface area contributed by atoms with E-state index in [2.05, 4.69) is 15.1 Å². The monoisotopic (exact) mass is 511 g/mol. The SMILES string of the molecule is Cc1nn(CC(=O)N2CCC2)cc1-n1c(=O)n(C)c2cnc3ccc(-c4cncc(OC(C)C)c4)cc3c21. The van der Waals surface area contributed by atoms with E-state index < -0.39 is 0 Å². The van der Waals surface area contributed by atoms with Crippen LogP contribution >= 0.6 is 0 Å². The van der Waals surface area contributed by atoms with Gasteiger partial charge in [0.15, 0.2) is 0 Å². The van der Waals surface area contributed by atoms with Crippen molar-refractivity contribution in [3.05, 3.63) is 65.2 Å². The summed E-state index contributed by atoms with van der Waals surface area (Å²) in [5.41, 5.74) is 5.15. The number of pyridine rings is 2. The molecule has 0 atom stereocenters. The average molecular weight is 512 g/mol. The standard InChI is InChI=1S/C28H29N7O3/c1-17(2)38-21-10-20(12-29-13-21)19-6-7-23-22(11-19)27-24(14-30-23)32(4)28(37)35(27)25-15-34(31-18(25)3)16-26(36)33-8-5-9-33/h6-7,10-15,17H,5,8-9,16H2,1-4H3.